The number of aryl methyl sites for hydroxylation is 1. The number of phenolic OH excluding ortho intramolecular Hbond substituents is 1. The first kappa shape index (κ1) is 8.86. The van der Waals surface area contributed by atoms with Crippen LogP contribution >= 0.6 is 0 Å². The predicted molar refractivity (Wildman–Crippen MR) is 63.8 cm³/mol. The molecule has 0 heterocycles. The molecule has 0 radical (unpaired) electrons. The van der Waals surface area contributed by atoms with Gasteiger partial charge in [0, 0.05) is 0 Å². The van der Waals surface area contributed by atoms with E-state index in [4.69, 9.17) is 0 Å². The molecule has 16 heavy (non-hydrogen) atoms. The van der Waals surface area contributed by atoms with Crippen LogP contribution in [-0.4, -0.2) is 5.11 Å². The molecule has 3 aliphatic carbocycles. The second-order valence-corrected chi connectivity index (χ2v) is 5.66. The Balaban J connectivity index is 1.97. The third-order valence-electron chi connectivity index (χ3n) is 4.98. The second-order valence-electron chi connectivity index (χ2n) is 5.66. The molecular formula is C15H16O. The molecule has 1 aromatic carbocycles. The second kappa shape index (κ2) is 2.53. The molecule has 1 saturated carbocycles. The molecule has 1 aromatic rings. The minimum atomic E-state index is 0.487. The van der Waals surface area contributed by atoms with Gasteiger partial charge in [0.25, 0.3) is 0 Å². The van der Waals surface area contributed by atoms with Crippen molar-refractivity contribution < 1.29 is 5.11 Å². The van der Waals surface area contributed by atoms with Crippen LogP contribution in [0.4, 0.5) is 0 Å². The van der Waals surface area contributed by atoms with Gasteiger partial charge in [0.1, 0.15) is 5.75 Å². The summed E-state index contributed by atoms with van der Waals surface area (Å²) in [6, 6.07) is 1.94. The van der Waals surface area contributed by atoms with Crippen molar-refractivity contribution in [2.75, 3.05) is 0 Å². The Bertz CT molecular complexity index is 527. The molecule has 4 atom stereocenters. The van der Waals surface area contributed by atoms with Gasteiger partial charge in [-0.25, -0.2) is 0 Å². The maximum absolute atomic E-state index is 9.91. The summed E-state index contributed by atoms with van der Waals surface area (Å²) in [5.41, 5.74) is 5.44. The fraction of sp³-hybridized carbons (Fsp3) is 0.467. The van der Waals surface area contributed by atoms with Gasteiger partial charge in [-0.3, -0.25) is 0 Å². The average Bonchev–Trinajstić information content (AvgIpc) is 2.72. The van der Waals surface area contributed by atoms with Crippen molar-refractivity contribution in [3.63, 3.8) is 0 Å². The summed E-state index contributed by atoms with van der Waals surface area (Å²) in [5, 5.41) is 9.91. The fourth-order valence-electron chi connectivity index (χ4n) is 4.33. The van der Waals surface area contributed by atoms with Crippen LogP contribution in [0.25, 0.3) is 0 Å². The van der Waals surface area contributed by atoms with E-state index in [0.717, 1.165) is 29.2 Å². The van der Waals surface area contributed by atoms with Gasteiger partial charge in [-0.05, 0) is 72.3 Å². The van der Waals surface area contributed by atoms with E-state index >= 15 is 0 Å². The van der Waals surface area contributed by atoms with Gasteiger partial charge in [-0.1, -0.05) is 12.2 Å². The number of phenols is 1. The van der Waals surface area contributed by atoms with Gasteiger partial charge in [0.15, 0.2) is 0 Å². The molecule has 82 valence electrons. The topological polar surface area (TPSA) is 20.2 Å². The lowest BCUT2D eigenvalue weighted by atomic mass is 9.60. The fourth-order valence-corrected chi connectivity index (χ4v) is 4.33. The van der Waals surface area contributed by atoms with Gasteiger partial charge < -0.3 is 5.11 Å². The van der Waals surface area contributed by atoms with Crippen molar-refractivity contribution in [3.8, 4) is 5.75 Å². The van der Waals surface area contributed by atoms with Crippen LogP contribution < -0.4 is 0 Å². The molecule has 1 nitrogen and oxygen atoms in total. The SMILES string of the molecule is Cc1cc(O)c(C)c2c1C1C3C=CC(C3)C21. The molecule has 0 saturated heterocycles. The summed E-state index contributed by atoms with van der Waals surface area (Å²) in [6.07, 6.45) is 6.15. The summed E-state index contributed by atoms with van der Waals surface area (Å²) >= 11 is 0. The zero-order chi connectivity index (χ0) is 11.0. The first-order valence-electron chi connectivity index (χ1n) is 6.19. The zero-order valence-electron chi connectivity index (χ0n) is 9.70. The summed E-state index contributed by atoms with van der Waals surface area (Å²) < 4.78 is 0. The summed E-state index contributed by atoms with van der Waals surface area (Å²) in [6.45, 7) is 4.21. The zero-order valence-corrected chi connectivity index (χ0v) is 9.70. The van der Waals surface area contributed by atoms with Crippen LogP contribution in [0.2, 0.25) is 0 Å². The normalized spacial score (nSPS) is 37.1. The lowest BCUT2D eigenvalue weighted by Crippen LogP contribution is -2.29. The minimum Gasteiger partial charge on any atom is -0.508 e. The molecule has 4 unspecified atom stereocenters. The van der Waals surface area contributed by atoms with E-state index in [1.807, 2.05) is 6.07 Å². The first-order valence-corrected chi connectivity index (χ1v) is 6.19. The molecule has 0 spiro atoms. The number of allylic oxidation sites excluding steroid dienone is 2. The first-order chi connectivity index (χ1) is 7.68. The van der Waals surface area contributed by atoms with Crippen LogP contribution in [0.5, 0.6) is 5.75 Å². The Morgan fingerprint density at radius 2 is 1.69 bits per heavy atom. The number of aromatic hydroxyl groups is 1. The van der Waals surface area contributed by atoms with E-state index < -0.39 is 0 Å². The van der Waals surface area contributed by atoms with Crippen LogP contribution in [0, 0.1) is 25.7 Å². The highest BCUT2D eigenvalue weighted by Gasteiger charge is 2.54. The molecule has 1 heteroatoms. The van der Waals surface area contributed by atoms with Crippen LogP contribution in [0.15, 0.2) is 18.2 Å². The Labute approximate surface area is 95.8 Å². The summed E-state index contributed by atoms with van der Waals surface area (Å²) in [5.74, 6) is 3.51. The lowest BCUT2D eigenvalue weighted by molar-refractivity contribution is 0.422. The van der Waals surface area contributed by atoms with E-state index in [-0.39, 0.29) is 0 Å². The Hall–Kier alpha value is -1.24. The molecule has 1 fully saturated rings. The third kappa shape index (κ3) is 0.774. The highest BCUT2D eigenvalue weighted by molar-refractivity contribution is 5.61. The average molecular weight is 212 g/mol. The smallest absolute Gasteiger partial charge is 0.119 e. The van der Waals surface area contributed by atoms with Gasteiger partial charge in [0.2, 0.25) is 0 Å². The van der Waals surface area contributed by atoms with E-state index in [9.17, 15) is 5.11 Å². The number of benzene rings is 1. The van der Waals surface area contributed by atoms with Crippen molar-refractivity contribution >= 4 is 0 Å². The van der Waals surface area contributed by atoms with Crippen LogP contribution in [0.3, 0.4) is 0 Å². The third-order valence-corrected chi connectivity index (χ3v) is 4.98. The Morgan fingerprint density at radius 3 is 2.38 bits per heavy atom. The molecule has 3 aliphatic rings. The van der Waals surface area contributed by atoms with Gasteiger partial charge >= 0.3 is 0 Å². The minimum absolute atomic E-state index is 0.487. The van der Waals surface area contributed by atoms with Crippen molar-refractivity contribution in [3.05, 3.63) is 40.5 Å². The van der Waals surface area contributed by atoms with Crippen LogP contribution in [0.1, 0.15) is 40.5 Å². The lowest BCUT2D eigenvalue weighted by Gasteiger charge is -2.43. The van der Waals surface area contributed by atoms with Crippen LogP contribution in [-0.2, 0) is 0 Å². The molecule has 4 rings (SSSR count). The standard InChI is InChI=1S/C15H16O/c1-7-5-11(16)8(2)13-12(7)14-9-3-4-10(6-9)15(13)14/h3-5,9-10,14-16H,6H2,1-2H3. The largest absolute Gasteiger partial charge is 0.508 e. The van der Waals surface area contributed by atoms with Gasteiger partial charge in [-0.15, -0.1) is 0 Å². The number of fused-ring (bicyclic) bond motifs is 8. The molecule has 0 aromatic heterocycles. The van der Waals surface area contributed by atoms with Crippen molar-refractivity contribution in [2.45, 2.75) is 32.1 Å². The highest BCUT2D eigenvalue weighted by atomic mass is 16.3. The quantitative estimate of drug-likeness (QED) is 0.653. The maximum atomic E-state index is 9.91. The number of rotatable bonds is 0. The van der Waals surface area contributed by atoms with Crippen molar-refractivity contribution in [1.29, 1.82) is 0 Å². The monoisotopic (exact) mass is 212 g/mol. The van der Waals surface area contributed by atoms with Crippen molar-refractivity contribution in [2.24, 2.45) is 11.8 Å². The Morgan fingerprint density at radius 1 is 1.06 bits per heavy atom. The molecule has 0 aliphatic heterocycles. The number of hydrogen-bond donors (Lipinski definition) is 1. The van der Waals surface area contributed by atoms with Gasteiger partial charge in [0.05, 0.1) is 0 Å². The van der Waals surface area contributed by atoms with E-state index in [2.05, 4.69) is 26.0 Å². The van der Waals surface area contributed by atoms with Crippen molar-refractivity contribution in [1.82, 2.24) is 0 Å². The Kier molecular flexibility index (Phi) is 1.40. The van der Waals surface area contributed by atoms with E-state index in [0.29, 0.717) is 5.75 Å². The van der Waals surface area contributed by atoms with Gasteiger partial charge in [-0.2, -0.15) is 0 Å². The number of hydrogen-bond acceptors (Lipinski definition) is 1. The predicted octanol–water partition coefficient (Wildman–Crippen LogP) is 3.40. The summed E-state index contributed by atoms with van der Waals surface area (Å²) in [7, 11) is 0. The summed E-state index contributed by atoms with van der Waals surface area (Å²) in [4.78, 5) is 0. The molecule has 1 N–H and O–H groups in total. The molecule has 2 bridgehead atoms. The van der Waals surface area contributed by atoms with E-state index in [1.54, 1.807) is 5.56 Å². The highest BCUT2D eigenvalue weighted by Crippen LogP contribution is 2.67. The molecular weight excluding hydrogens is 196 g/mol. The van der Waals surface area contributed by atoms with E-state index in [1.165, 1.54) is 17.5 Å². The maximum Gasteiger partial charge on any atom is 0.119 e. The molecule has 0 amide bonds.